The molecule has 0 unspecified atom stereocenters. The average Bonchev–Trinajstić information content (AvgIpc) is 3.01. The molecule has 2 N–H and O–H groups in total. The number of H-pyrrole nitrogens is 1. The fraction of sp³-hybridized carbons (Fsp3) is 0.143. The van der Waals surface area contributed by atoms with E-state index >= 15 is 0 Å². The normalized spacial score (nSPS) is 11.0. The fourth-order valence-corrected chi connectivity index (χ4v) is 3.33. The number of nitrogens with one attached hydrogen (secondary N) is 2. The van der Waals surface area contributed by atoms with Crippen molar-refractivity contribution in [3.05, 3.63) is 39.4 Å². The van der Waals surface area contributed by atoms with Gasteiger partial charge in [-0.2, -0.15) is 0 Å². The van der Waals surface area contributed by atoms with Crippen molar-refractivity contribution < 1.29 is 4.79 Å². The summed E-state index contributed by atoms with van der Waals surface area (Å²) in [5.41, 5.74) is 2.71. The van der Waals surface area contributed by atoms with Crippen LogP contribution in [0.15, 0.2) is 24.4 Å². The average molecular weight is 340 g/mol. The maximum absolute atomic E-state index is 11.0. The summed E-state index contributed by atoms with van der Waals surface area (Å²) in [5, 5.41) is 5.15. The lowest BCUT2D eigenvalue weighted by atomic mass is 10.1. The molecule has 0 bridgehead atoms. The van der Waals surface area contributed by atoms with Gasteiger partial charge in [-0.1, -0.05) is 23.2 Å². The molecule has 7 heteroatoms. The lowest BCUT2D eigenvalue weighted by molar-refractivity contribution is -0.119. The first-order chi connectivity index (χ1) is 10.0. The Hall–Kier alpha value is -1.56. The molecule has 1 amide bonds. The van der Waals surface area contributed by atoms with Crippen LogP contribution in [-0.4, -0.2) is 15.9 Å². The Balaban J connectivity index is 2.00. The number of nitrogens with zero attached hydrogens (tertiary/aromatic N) is 1. The van der Waals surface area contributed by atoms with Gasteiger partial charge in [-0.05, 0) is 18.2 Å². The number of aromatic amines is 1. The van der Waals surface area contributed by atoms with Crippen molar-refractivity contribution >= 4 is 51.3 Å². The molecule has 4 nitrogen and oxygen atoms in total. The zero-order valence-electron chi connectivity index (χ0n) is 11.0. The molecule has 0 saturated carbocycles. The number of rotatable bonds is 3. The highest BCUT2D eigenvalue weighted by atomic mass is 35.5. The molecule has 108 valence electrons. The molecule has 0 fully saturated rings. The quantitative estimate of drug-likeness (QED) is 0.749. The molecular formula is C14H11Cl2N3OS. The SMILES string of the molecule is CC(=O)NCc1cc2cc(Cl)c(-c3ncc(Cl)s3)cc2[nH]1. The van der Waals surface area contributed by atoms with E-state index in [1.807, 2.05) is 18.2 Å². The van der Waals surface area contributed by atoms with Gasteiger partial charge < -0.3 is 10.3 Å². The second-order valence-corrected chi connectivity index (χ2v) is 6.66. The smallest absolute Gasteiger partial charge is 0.217 e. The minimum atomic E-state index is -0.0650. The second kappa shape index (κ2) is 5.67. The van der Waals surface area contributed by atoms with Gasteiger partial charge in [-0.15, -0.1) is 11.3 Å². The first-order valence-electron chi connectivity index (χ1n) is 6.20. The molecular weight excluding hydrogens is 329 g/mol. The molecule has 0 atom stereocenters. The third-order valence-electron chi connectivity index (χ3n) is 3.00. The van der Waals surface area contributed by atoms with Crippen molar-refractivity contribution in [2.75, 3.05) is 0 Å². The Kier molecular flexibility index (Phi) is 3.89. The van der Waals surface area contributed by atoms with Crippen LogP contribution in [-0.2, 0) is 11.3 Å². The van der Waals surface area contributed by atoms with E-state index in [9.17, 15) is 4.79 Å². The highest BCUT2D eigenvalue weighted by Crippen LogP contribution is 2.35. The number of hydrogen-bond donors (Lipinski definition) is 2. The summed E-state index contributed by atoms with van der Waals surface area (Å²) in [6, 6.07) is 5.80. The molecule has 0 radical (unpaired) electrons. The molecule has 3 aromatic rings. The molecule has 2 aromatic heterocycles. The number of halogens is 2. The standard InChI is InChI=1S/C14H11Cl2N3OS/c1-7(20)17-5-9-2-8-3-11(15)10(4-12(8)19-9)14-18-6-13(16)21-14/h2-4,6,19H,5H2,1H3,(H,17,20). The number of thiazole rings is 1. The minimum Gasteiger partial charge on any atom is -0.357 e. The number of carbonyl (C=O) groups excluding carboxylic acids is 1. The molecule has 0 aliphatic heterocycles. The lowest BCUT2D eigenvalue weighted by Gasteiger charge is -2.00. The van der Waals surface area contributed by atoms with E-state index in [0.29, 0.717) is 15.9 Å². The van der Waals surface area contributed by atoms with Gasteiger partial charge in [0.15, 0.2) is 0 Å². The Morgan fingerprint density at radius 2 is 2.19 bits per heavy atom. The predicted molar refractivity (Wildman–Crippen MR) is 86.9 cm³/mol. The Bertz CT molecular complexity index is 825. The largest absolute Gasteiger partial charge is 0.357 e. The van der Waals surface area contributed by atoms with Crippen molar-refractivity contribution in [2.24, 2.45) is 0 Å². The van der Waals surface area contributed by atoms with E-state index in [0.717, 1.165) is 27.2 Å². The first-order valence-corrected chi connectivity index (χ1v) is 7.77. The van der Waals surface area contributed by atoms with Gasteiger partial charge in [0, 0.05) is 29.1 Å². The van der Waals surface area contributed by atoms with Crippen molar-refractivity contribution in [2.45, 2.75) is 13.5 Å². The second-order valence-electron chi connectivity index (χ2n) is 4.59. The van der Waals surface area contributed by atoms with Crippen LogP contribution in [0.25, 0.3) is 21.5 Å². The maximum Gasteiger partial charge on any atom is 0.217 e. The van der Waals surface area contributed by atoms with E-state index in [4.69, 9.17) is 23.2 Å². The van der Waals surface area contributed by atoms with E-state index < -0.39 is 0 Å². The van der Waals surface area contributed by atoms with Crippen LogP contribution in [0, 0.1) is 0 Å². The van der Waals surface area contributed by atoms with Gasteiger partial charge in [-0.3, -0.25) is 4.79 Å². The van der Waals surface area contributed by atoms with E-state index in [1.54, 1.807) is 6.20 Å². The topological polar surface area (TPSA) is 57.8 Å². The summed E-state index contributed by atoms with van der Waals surface area (Å²) in [5.74, 6) is -0.0650. The molecule has 1 aromatic carbocycles. The Labute approximate surface area is 135 Å². The highest BCUT2D eigenvalue weighted by Gasteiger charge is 2.11. The number of amides is 1. The van der Waals surface area contributed by atoms with Crippen LogP contribution in [0.2, 0.25) is 9.36 Å². The number of fused-ring (bicyclic) bond motifs is 1. The third-order valence-corrected chi connectivity index (χ3v) is 4.46. The van der Waals surface area contributed by atoms with E-state index in [-0.39, 0.29) is 5.91 Å². The molecule has 3 rings (SSSR count). The Morgan fingerprint density at radius 3 is 2.86 bits per heavy atom. The van der Waals surface area contributed by atoms with Crippen molar-refractivity contribution in [3.8, 4) is 10.6 Å². The van der Waals surface area contributed by atoms with E-state index in [1.165, 1.54) is 18.3 Å². The molecule has 21 heavy (non-hydrogen) atoms. The monoisotopic (exact) mass is 339 g/mol. The highest BCUT2D eigenvalue weighted by molar-refractivity contribution is 7.19. The van der Waals surface area contributed by atoms with Gasteiger partial charge in [0.25, 0.3) is 0 Å². The van der Waals surface area contributed by atoms with Crippen molar-refractivity contribution in [1.29, 1.82) is 0 Å². The number of carbonyl (C=O) groups is 1. The van der Waals surface area contributed by atoms with Crippen LogP contribution in [0.3, 0.4) is 0 Å². The lowest BCUT2D eigenvalue weighted by Crippen LogP contribution is -2.18. The molecule has 0 aliphatic carbocycles. The summed E-state index contributed by atoms with van der Waals surface area (Å²) in [4.78, 5) is 18.5. The van der Waals surface area contributed by atoms with E-state index in [2.05, 4.69) is 15.3 Å². The minimum absolute atomic E-state index is 0.0650. The molecule has 2 heterocycles. The van der Waals surface area contributed by atoms with Gasteiger partial charge in [-0.25, -0.2) is 4.98 Å². The summed E-state index contributed by atoms with van der Waals surface area (Å²) in [6.45, 7) is 1.95. The van der Waals surface area contributed by atoms with Crippen LogP contribution in [0.5, 0.6) is 0 Å². The van der Waals surface area contributed by atoms with Gasteiger partial charge >= 0.3 is 0 Å². The summed E-state index contributed by atoms with van der Waals surface area (Å²) >= 11 is 13.6. The van der Waals surface area contributed by atoms with Crippen molar-refractivity contribution in [3.63, 3.8) is 0 Å². The molecule has 0 saturated heterocycles. The molecule has 0 spiro atoms. The summed E-state index contributed by atoms with van der Waals surface area (Å²) < 4.78 is 0.624. The third kappa shape index (κ3) is 3.05. The summed E-state index contributed by atoms with van der Waals surface area (Å²) in [6.07, 6.45) is 1.61. The maximum atomic E-state index is 11.0. The predicted octanol–water partition coefficient (Wildman–Crippen LogP) is 4.23. The van der Waals surface area contributed by atoms with Crippen LogP contribution in [0.4, 0.5) is 0 Å². The van der Waals surface area contributed by atoms with Gasteiger partial charge in [0.2, 0.25) is 5.91 Å². The van der Waals surface area contributed by atoms with Crippen molar-refractivity contribution in [1.82, 2.24) is 15.3 Å². The molecule has 0 aliphatic rings. The number of aromatic nitrogens is 2. The summed E-state index contributed by atoms with van der Waals surface area (Å²) in [7, 11) is 0. The fourth-order valence-electron chi connectivity index (χ4n) is 2.07. The number of hydrogen-bond acceptors (Lipinski definition) is 3. The zero-order valence-corrected chi connectivity index (χ0v) is 13.4. The zero-order chi connectivity index (χ0) is 15.0. The Morgan fingerprint density at radius 1 is 1.38 bits per heavy atom. The number of benzene rings is 1. The van der Waals surface area contributed by atoms with Gasteiger partial charge in [0.05, 0.1) is 17.8 Å². The first kappa shape index (κ1) is 14.4. The van der Waals surface area contributed by atoms with Crippen LogP contribution >= 0.6 is 34.5 Å². The van der Waals surface area contributed by atoms with Crippen LogP contribution in [0.1, 0.15) is 12.6 Å². The van der Waals surface area contributed by atoms with Crippen LogP contribution < -0.4 is 5.32 Å². The van der Waals surface area contributed by atoms with Gasteiger partial charge in [0.1, 0.15) is 9.34 Å².